The summed E-state index contributed by atoms with van der Waals surface area (Å²) in [7, 11) is 0. The number of aromatic nitrogens is 3. The van der Waals surface area contributed by atoms with Gasteiger partial charge in [-0.25, -0.2) is 4.98 Å². The highest BCUT2D eigenvalue weighted by atomic mass is 32.2. The first kappa shape index (κ1) is 20.7. The molecule has 2 rings (SSSR count). The number of hydrogen-bond acceptors (Lipinski definition) is 6. The van der Waals surface area contributed by atoms with Gasteiger partial charge < -0.3 is 15.3 Å². The smallest absolute Gasteiger partial charge is 0.396 e. The summed E-state index contributed by atoms with van der Waals surface area (Å²) < 4.78 is 38.4. The molecule has 6 nitrogen and oxygen atoms in total. The number of halogens is 3. The van der Waals surface area contributed by atoms with Crippen LogP contribution in [0.3, 0.4) is 0 Å². The fraction of sp³-hybridized carbons (Fsp3) is 0.500. The van der Waals surface area contributed by atoms with E-state index in [-0.39, 0.29) is 25.0 Å². The fourth-order valence-electron chi connectivity index (χ4n) is 2.53. The predicted molar refractivity (Wildman–Crippen MR) is 90.2 cm³/mol. The van der Waals surface area contributed by atoms with E-state index in [1.807, 2.05) is 0 Å². The molecule has 0 amide bonds. The molecule has 26 heavy (non-hydrogen) atoms. The van der Waals surface area contributed by atoms with Crippen molar-refractivity contribution in [2.24, 2.45) is 0 Å². The van der Waals surface area contributed by atoms with Crippen molar-refractivity contribution in [2.75, 3.05) is 6.61 Å². The number of benzene rings is 1. The van der Waals surface area contributed by atoms with Gasteiger partial charge in [-0.1, -0.05) is 19.1 Å². The van der Waals surface area contributed by atoms with E-state index < -0.39 is 28.0 Å². The zero-order valence-electron chi connectivity index (χ0n) is 13.9. The lowest BCUT2D eigenvalue weighted by molar-refractivity contribution is -0.137. The van der Waals surface area contributed by atoms with Gasteiger partial charge >= 0.3 is 6.18 Å². The maximum Gasteiger partial charge on any atom is 0.416 e. The van der Waals surface area contributed by atoms with E-state index in [1.165, 1.54) is 18.5 Å². The molecule has 0 aliphatic heterocycles. The Hall–Kier alpha value is -1.62. The van der Waals surface area contributed by atoms with Crippen molar-refractivity contribution >= 4 is 11.8 Å². The summed E-state index contributed by atoms with van der Waals surface area (Å²) in [6.07, 6.45) is -3.13. The Labute approximate surface area is 152 Å². The van der Waals surface area contributed by atoms with Gasteiger partial charge in [0, 0.05) is 24.7 Å². The number of hydrogen-bond donors (Lipinski definition) is 4. The van der Waals surface area contributed by atoms with Crippen LogP contribution in [0.5, 0.6) is 0 Å². The molecule has 1 heterocycles. The van der Waals surface area contributed by atoms with Gasteiger partial charge in [-0.3, -0.25) is 5.10 Å². The molecule has 1 aromatic heterocycles. The first-order valence-electron chi connectivity index (χ1n) is 7.85. The summed E-state index contributed by atoms with van der Waals surface area (Å²) in [5.41, 5.74) is -3.09. The van der Waals surface area contributed by atoms with E-state index in [1.54, 1.807) is 6.92 Å². The second-order valence-corrected chi connectivity index (χ2v) is 7.38. The Morgan fingerprint density at radius 2 is 1.81 bits per heavy atom. The lowest BCUT2D eigenvalue weighted by Gasteiger charge is -2.35. The maximum absolute atomic E-state index is 12.8. The van der Waals surface area contributed by atoms with E-state index >= 15 is 0 Å². The summed E-state index contributed by atoms with van der Waals surface area (Å²) in [5.74, 6) is 0.358. The second-order valence-electron chi connectivity index (χ2n) is 5.85. The van der Waals surface area contributed by atoms with Crippen LogP contribution in [0.2, 0.25) is 0 Å². The van der Waals surface area contributed by atoms with Crippen molar-refractivity contribution in [1.29, 1.82) is 0 Å². The van der Waals surface area contributed by atoms with Crippen LogP contribution in [0.25, 0.3) is 0 Å². The molecular formula is C16H20F3N3O3S. The molecule has 0 radical (unpaired) electrons. The minimum atomic E-state index is -4.47. The molecule has 144 valence electrons. The van der Waals surface area contributed by atoms with Crippen molar-refractivity contribution in [3.05, 3.63) is 47.5 Å². The van der Waals surface area contributed by atoms with Gasteiger partial charge in [0.25, 0.3) is 0 Å². The third kappa shape index (κ3) is 4.97. The molecule has 0 saturated heterocycles. The molecule has 0 saturated carbocycles. The standard InChI is InChI=1S/C16H20F3N3O3S/c1-10(26-14(24)6-7-23)15(25,8-13-20-9-21-22-13)11-2-4-12(5-3-11)16(17,18)19/h2-5,9-10,14,23-25H,6-8H2,1H3,(H,20,21,22)/t10-,14?,15+/m1/s1. The molecule has 1 aromatic carbocycles. The van der Waals surface area contributed by atoms with Crippen LogP contribution in [0.15, 0.2) is 30.6 Å². The van der Waals surface area contributed by atoms with Gasteiger partial charge in [-0.05, 0) is 17.7 Å². The van der Waals surface area contributed by atoms with Gasteiger partial charge in [-0.2, -0.15) is 18.3 Å². The normalized spacial score (nSPS) is 16.9. The van der Waals surface area contributed by atoms with E-state index in [0.29, 0.717) is 5.82 Å². The number of aliphatic hydroxyl groups excluding tert-OH is 2. The molecule has 3 atom stereocenters. The third-order valence-electron chi connectivity index (χ3n) is 4.02. The molecule has 0 bridgehead atoms. The second kappa shape index (κ2) is 8.38. The predicted octanol–water partition coefficient (Wildman–Crippen LogP) is 2.08. The van der Waals surface area contributed by atoms with Gasteiger partial charge in [0.1, 0.15) is 23.2 Å². The van der Waals surface area contributed by atoms with Crippen molar-refractivity contribution in [1.82, 2.24) is 15.2 Å². The summed E-state index contributed by atoms with van der Waals surface area (Å²) in [4.78, 5) is 3.96. The molecule has 1 unspecified atom stereocenters. The van der Waals surface area contributed by atoms with Crippen LogP contribution in [0, 0.1) is 0 Å². The van der Waals surface area contributed by atoms with Crippen molar-refractivity contribution in [2.45, 2.75) is 42.2 Å². The average molecular weight is 391 g/mol. The summed E-state index contributed by atoms with van der Waals surface area (Å²) >= 11 is 1.02. The van der Waals surface area contributed by atoms with Gasteiger partial charge in [0.05, 0.1) is 5.56 Å². The van der Waals surface area contributed by atoms with Gasteiger partial charge in [0.2, 0.25) is 0 Å². The Balaban J connectivity index is 2.33. The van der Waals surface area contributed by atoms with Gasteiger partial charge in [0.15, 0.2) is 0 Å². The number of nitrogens with one attached hydrogen (secondary N) is 1. The fourth-order valence-corrected chi connectivity index (χ4v) is 3.68. The van der Waals surface area contributed by atoms with Crippen LogP contribution in [0.4, 0.5) is 13.2 Å². The largest absolute Gasteiger partial charge is 0.416 e. The molecule has 10 heteroatoms. The highest BCUT2D eigenvalue weighted by molar-refractivity contribution is 8.00. The number of nitrogens with zero attached hydrogens (tertiary/aromatic N) is 2. The molecule has 4 N–H and O–H groups in total. The molecule has 0 spiro atoms. The Morgan fingerprint density at radius 3 is 2.31 bits per heavy atom. The Bertz CT molecular complexity index is 682. The SMILES string of the molecule is C[C@@H](SC(O)CCO)[C@@](O)(Cc1ncn[nH]1)c1ccc(C(F)(F)F)cc1. The summed E-state index contributed by atoms with van der Waals surface area (Å²) in [6.45, 7) is 1.43. The lowest BCUT2D eigenvalue weighted by Crippen LogP contribution is -2.39. The van der Waals surface area contributed by atoms with Crippen LogP contribution in [-0.2, 0) is 18.2 Å². The molecular weight excluding hydrogens is 371 g/mol. The highest BCUT2D eigenvalue weighted by Crippen LogP contribution is 2.38. The monoisotopic (exact) mass is 391 g/mol. The van der Waals surface area contributed by atoms with Crippen molar-refractivity contribution in [3.8, 4) is 0 Å². The van der Waals surface area contributed by atoms with Crippen LogP contribution < -0.4 is 0 Å². The van der Waals surface area contributed by atoms with Crippen LogP contribution >= 0.6 is 11.8 Å². The van der Waals surface area contributed by atoms with E-state index in [4.69, 9.17) is 5.11 Å². The van der Waals surface area contributed by atoms with Crippen LogP contribution in [0.1, 0.15) is 30.3 Å². The first-order valence-corrected chi connectivity index (χ1v) is 8.80. The van der Waals surface area contributed by atoms with Crippen molar-refractivity contribution < 1.29 is 28.5 Å². The third-order valence-corrected chi connectivity index (χ3v) is 5.37. The number of alkyl halides is 3. The van der Waals surface area contributed by atoms with Crippen LogP contribution in [-0.4, -0.2) is 47.8 Å². The van der Waals surface area contributed by atoms with E-state index in [9.17, 15) is 23.4 Å². The quantitative estimate of drug-likeness (QED) is 0.514. The Kier molecular flexibility index (Phi) is 6.67. The molecule has 0 aliphatic rings. The van der Waals surface area contributed by atoms with Gasteiger partial charge in [-0.15, -0.1) is 11.8 Å². The number of aliphatic hydroxyl groups is 3. The average Bonchev–Trinajstić information content (AvgIpc) is 3.07. The highest BCUT2D eigenvalue weighted by Gasteiger charge is 2.39. The molecule has 2 aromatic rings. The first-order chi connectivity index (χ1) is 12.2. The summed E-state index contributed by atoms with van der Waals surface area (Å²) in [5, 5.41) is 35.8. The van der Waals surface area contributed by atoms with Crippen molar-refractivity contribution in [3.63, 3.8) is 0 Å². The van der Waals surface area contributed by atoms with E-state index in [0.717, 1.165) is 23.9 Å². The maximum atomic E-state index is 12.8. The molecule has 0 aliphatic carbocycles. The molecule has 0 fully saturated rings. The number of thioether (sulfide) groups is 1. The number of aromatic amines is 1. The zero-order chi connectivity index (χ0) is 19.4. The minimum Gasteiger partial charge on any atom is -0.396 e. The zero-order valence-corrected chi connectivity index (χ0v) is 14.8. The minimum absolute atomic E-state index is 0.0294. The Morgan fingerprint density at radius 1 is 1.19 bits per heavy atom. The summed E-state index contributed by atoms with van der Waals surface area (Å²) in [6, 6.07) is 4.24. The lowest BCUT2D eigenvalue weighted by atomic mass is 9.86. The van der Waals surface area contributed by atoms with E-state index in [2.05, 4.69) is 15.2 Å². The number of H-pyrrole nitrogens is 1. The number of rotatable bonds is 8. The topological polar surface area (TPSA) is 102 Å².